The standard InChI is InChI=1S/C21H27N5O3/c1-4-29-21(28)26-11-9-25(10-12-26)19(27)17-13-22-20(23-14-17)24-18-7-5-16(6-8-18)15(2)3/h5-8,13-15H,4,9-12H2,1-3H3,(H,22,23,24). The normalized spacial score (nSPS) is 14.1. The number of carbonyl (C=O) groups is 2. The van der Waals surface area contributed by atoms with E-state index in [1.54, 1.807) is 16.7 Å². The third-order valence-corrected chi connectivity index (χ3v) is 4.83. The van der Waals surface area contributed by atoms with E-state index >= 15 is 0 Å². The Labute approximate surface area is 170 Å². The first-order chi connectivity index (χ1) is 14.0. The SMILES string of the molecule is CCOC(=O)N1CCN(C(=O)c2cnc(Nc3ccc(C(C)C)cc3)nc2)CC1. The van der Waals surface area contributed by atoms with Gasteiger partial charge in [0.05, 0.1) is 12.2 Å². The van der Waals surface area contributed by atoms with Crippen LogP contribution in [0.4, 0.5) is 16.4 Å². The summed E-state index contributed by atoms with van der Waals surface area (Å²) < 4.78 is 5.00. The van der Waals surface area contributed by atoms with E-state index in [4.69, 9.17) is 4.74 Å². The minimum absolute atomic E-state index is 0.138. The topological polar surface area (TPSA) is 87.7 Å². The van der Waals surface area contributed by atoms with E-state index < -0.39 is 0 Å². The number of benzene rings is 1. The van der Waals surface area contributed by atoms with E-state index in [2.05, 4.69) is 41.3 Å². The third-order valence-electron chi connectivity index (χ3n) is 4.83. The zero-order valence-electron chi connectivity index (χ0n) is 17.1. The molecule has 1 aliphatic rings. The fraction of sp³-hybridized carbons (Fsp3) is 0.429. The molecular weight excluding hydrogens is 370 g/mol. The number of carbonyl (C=O) groups excluding carboxylic acids is 2. The first-order valence-electron chi connectivity index (χ1n) is 9.88. The smallest absolute Gasteiger partial charge is 0.409 e. The summed E-state index contributed by atoms with van der Waals surface area (Å²) in [4.78, 5) is 36.3. The molecule has 1 fully saturated rings. The van der Waals surface area contributed by atoms with E-state index in [1.807, 2.05) is 12.1 Å². The van der Waals surface area contributed by atoms with Crippen LogP contribution in [0.3, 0.4) is 0 Å². The molecule has 2 aromatic rings. The van der Waals surface area contributed by atoms with Gasteiger partial charge in [-0.05, 0) is 30.5 Å². The predicted molar refractivity (Wildman–Crippen MR) is 110 cm³/mol. The Morgan fingerprint density at radius 2 is 1.62 bits per heavy atom. The number of hydrogen-bond donors (Lipinski definition) is 1. The summed E-state index contributed by atoms with van der Waals surface area (Å²) in [5.41, 5.74) is 2.58. The zero-order chi connectivity index (χ0) is 20.8. The highest BCUT2D eigenvalue weighted by Crippen LogP contribution is 2.19. The first kappa shape index (κ1) is 20.6. The summed E-state index contributed by atoms with van der Waals surface area (Å²) in [6.07, 6.45) is 2.72. The Kier molecular flexibility index (Phi) is 6.64. The molecule has 29 heavy (non-hydrogen) atoms. The molecule has 0 bridgehead atoms. The van der Waals surface area contributed by atoms with Gasteiger partial charge < -0.3 is 19.9 Å². The van der Waals surface area contributed by atoms with Crippen LogP contribution in [-0.2, 0) is 4.74 Å². The van der Waals surface area contributed by atoms with Crippen LogP contribution in [-0.4, -0.2) is 64.6 Å². The van der Waals surface area contributed by atoms with Gasteiger partial charge in [0, 0.05) is 44.3 Å². The van der Waals surface area contributed by atoms with Crippen molar-refractivity contribution >= 4 is 23.6 Å². The molecule has 0 saturated carbocycles. The van der Waals surface area contributed by atoms with Crippen molar-refractivity contribution in [1.82, 2.24) is 19.8 Å². The summed E-state index contributed by atoms with van der Waals surface area (Å²) in [5, 5.41) is 3.14. The molecule has 2 amide bonds. The zero-order valence-corrected chi connectivity index (χ0v) is 17.1. The summed E-state index contributed by atoms with van der Waals surface area (Å²) in [5.74, 6) is 0.775. The van der Waals surface area contributed by atoms with Crippen molar-refractivity contribution in [2.45, 2.75) is 26.7 Å². The highest BCUT2D eigenvalue weighted by molar-refractivity contribution is 5.93. The third kappa shape index (κ3) is 5.22. The highest BCUT2D eigenvalue weighted by Gasteiger charge is 2.25. The molecule has 0 aliphatic carbocycles. The summed E-state index contributed by atoms with van der Waals surface area (Å²) in [6.45, 7) is 8.25. The Morgan fingerprint density at radius 3 is 2.17 bits per heavy atom. The van der Waals surface area contributed by atoms with Crippen LogP contribution in [0.25, 0.3) is 0 Å². The summed E-state index contributed by atoms with van der Waals surface area (Å²) in [6, 6.07) is 8.11. The van der Waals surface area contributed by atoms with E-state index in [0.717, 1.165) is 5.69 Å². The Hall–Kier alpha value is -3.16. The maximum atomic E-state index is 12.7. The number of amides is 2. The Morgan fingerprint density at radius 1 is 1.03 bits per heavy atom. The van der Waals surface area contributed by atoms with Crippen molar-refractivity contribution in [1.29, 1.82) is 0 Å². The van der Waals surface area contributed by atoms with Gasteiger partial charge in [0.25, 0.3) is 5.91 Å². The number of anilines is 2. The van der Waals surface area contributed by atoms with Crippen molar-refractivity contribution in [3.05, 3.63) is 47.8 Å². The second kappa shape index (κ2) is 9.36. The second-order valence-corrected chi connectivity index (χ2v) is 7.18. The van der Waals surface area contributed by atoms with Gasteiger partial charge in [-0.1, -0.05) is 26.0 Å². The number of nitrogens with zero attached hydrogens (tertiary/aromatic N) is 4. The molecule has 8 nitrogen and oxygen atoms in total. The second-order valence-electron chi connectivity index (χ2n) is 7.18. The van der Waals surface area contributed by atoms with Crippen molar-refractivity contribution < 1.29 is 14.3 Å². The number of rotatable bonds is 5. The fourth-order valence-corrected chi connectivity index (χ4v) is 3.07. The van der Waals surface area contributed by atoms with Crippen molar-refractivity contribution in [2.24, 2.45) is 0 Å². The van der Waals surface area contributed by atoms with Crippen LogP contribution < -0.4 is 5.32 Å². The van der Waals surface area contributed by atoms with E-state index in [0.29, 0.717) is 50.2 Å². The van der Waals surface area contributed by atoms with Gasteiger partial charge in [0.1, 0.15) is 0 Å². The maximum Gasteiger partial charge on any atom is 0.409 e. The first-order valence-corrected chi connectivity index (χ1v) is 9.88. The van der Waals surface area contributed by atoms with Crippen LogP contribution in [0.15, 0.2) is 36.7 Å². The largest absolute Gasteiger partial charge is 0.450 e. The van der Waals surface area contributed by atoms with Gasteiger partial charge in [-0.25, -0.2) is 14.8 Å². The molecule has 0 spiro atoms. The molecule has 1 N–H and O–H groups in total. The minimum Gasteiger partial charge on any atom is -0.450 e. The van der Waals surface area contributed by atoms with Gasteiger partial charge >= 0.3 is 6.09 Å². The van der Waals surface area contributed by atoms with Crippen LogP contribution in [0.2, 0.25) is 0 Å². The molecule has 0 radical (unpaired) electrons. The van der Waals surface area contributed by atoms with Crippen LogP contribution in [0, 0.1) is 0 Å². The monoisotopic (exact) mass is 397 g/mol. The minimum atomic E-state index is -0.334. The Balaban J connectivity index is 1.56. The highest BCUT2D eigenvalue weighted by atomic mass is 16.6. The molecule has 1 aromatic carbocycles. The van der Waals surface area contributed by atoms with Gasteiger partial charge in [0.2, 0.25) is 5.95 Å². The summed E-state index contributed by atoms with van der Waals surface area (Å²) >= 11 is 0. The molecule has 8 heteroatoms. The molecule has 1 aliphatic heterocycles. The number of hydrogen-bond acceptors (Lipinski definition) is 6. The molecule has 0 unspecified atom stereocenters. The molecule has 3 rings (SSSR count). The molecule has 0 atom stereocenters. The fourth-order valence-electron chi connectivity index (χ4n) is 3.07. The molecule has 1 saturated heterocycles. The molecular formula is C21H27N5O3. The van der Waals surface area contributed by atoms with Crippen LogP contribution in [0.1, 0.15) is 42.6 Å². The Bertz CT molecular complexity index is 828. The van der Waals surface area contributed by atoms with Gasteiger partial charge in [-0.3, -0.25) is 4.79 Å². The number of ether oxygens (including phenoxy) is 1. The lowest BCUT2D eigenvalue weighted by atomic mass is 10.0. The molecule has 154 valence electrons. The average molecular weight is 397 g/mol. The maximum absolute atomic E-state index is 12.7. The van der Waals surface area contributed by atoms with Gasteiger partial charge in [-0.2, -0.15) is 0 Å². The quantitative estimate of drug-likeness (QED) is 0.833. The van der Waals surface area contributed by atoms with E-state index in [9.17, 15) is 9.59 Å². The number of piperazine rings is 1. The van der Waals surface area contributed by atoms with Crippen molar-refractivity contribution in [2.75, 3.05) is 38.1 Å². The van der Waals surface area contributed by atoms with Crippen LogP contribution >= 0.6 is 0 Å². The molecule has 2 heterocycles. The van der Waals surface area contributed by atoms with Gasteiger partial charge in [-0.15, -0.1) is 0 Å². The average Bonchev–Trinajstić information content (AvgIpc) is 2.74. The van der Waals surface area contributed by atoms with E-state index in [-0.39, 0.29) is 12.0 Å². The lowest BCUT2D eigenvalue weighted by molar-refractivity contribution is 0.0570. The van der Waals surface area contributed by atoms with Crippen molar-refractivity contribution in [3.63, 3.8) is 0 Å². The number of nitrogens with one attached hydrogen (secondary N) is 1. The summed E-state index contributed by atoms with van der Waals surface area (Å²) in [7, 11) is 0. The molecule has 1 aromatic heterocycles. The van der Waals surface area contributed by atoms with Gasteiger partial charge in [0.15, 0.2) is 0 Å². The van der Waals surface area contributed by atoms with Crippen molar-refractivity contribution in [3.8, 4) is 0 Å². The lowest BCUT2D eigenvalue weighted by Crippen LogP contribution is -2.50. The van der Waals surface area contributed by atoms with E-state index in [1.165, 1.54) is 18.0 Å². The predicted octanol–water partition coefficient (Wildman–Crippen LogP) is 3.26. The van der Waals surface area contributed by atoms with Crippen LogP contribution in [0.5, 0.6) is 0 Å². The number of aromatic nitrogens is 2. The lowest BCUT2D eigenvalue weighted by Gasteiger charge is -2.33.